The molecule has 0 unspecified atom stereocenters. The van der Waals surface area contributed by atoms with Crippen LogP contribution in [0.15, 0.2) is 18.2 Å². The van der Waals surface area contributed by atoms with Gasteiger partial charge >= 0.3 is 0 Å². The molecule has 2 aromatic rings. The summed E-state index contributed by atoms with van der Waals surface area (Å²) in [7, 11) is 0. The van der Waals surface area contributed by atoms with Crippen molar-refractivity contribution in [3.63, 3.8) is 0 Å². The van der Waals surface area contributed by atoms with Gasteiger partial charge in [-0.15, -0.1) is 23.7 Å². The number of nitrogens with two attached hydrogens (primary N) is 1. The molecule has 1 aromatic carbocycles. The van der Waals surface area contributed by atoms with Gasteiger partial charge in [0.25, 0.3) is 0 Å². The first-order valence-corrected chi connectivity index (χ1v) is 6.55. The Morgan fingerprint density at radius 2 is 2.33 bits per heavy atom. The highest BCUT2D eigenvalue weighted by Gasteiger charge is 2.20. The normalized spacial score (nSPS) is 20.2. The van der Waals surface area contributed by atoms with E-state index in [4.69, 9.17) is 5.73 Å². The molecule has 0 saturated carbocycles. The standard InChI is InChI=1S/C12H14FN3S.ClH/c13-8-1-2-10-11(5-8)17-12(15-10)7-16-4-3-9(14)6-16;/h1-2,5,9H,3-4,6-7,14H2;1H/t9-;/m1./s1. The number of hydrogen-bond acceptors (Lipinski definition) is 4. The van der Waals surface area contributed by atoms with Crippen LogP contribution < -0.4 is 5.73 Å². The van der Waals surface area contributed by atoms with E-state index in [9.17, 15) is 4.39 Å². The predicted octanol–water partition coefficient (Wildman–Crippen LogP) is 2.39. The van der Waals surface area contributed by atoms with Crippen LogP contribution in [0.3, 0.4) is 0 Å². The minimum atomic E-state index is -0.198. The Bertz CT molecular complexity index is 545. The van der Waals surface area contributed by atoms with E-state index in [1.807, 2.05) is 0 Å². The van der Waals surface area contributed by atoms with Crippen molar-refractivity contribution in [2.45, 2.75) is 19.0 Å². The first-order chi connectivity index (χ1) is 8.20. The number of rotatable bonds is 2. The molecular weight excluding hydrogens is 273 g/mol. The van der Waals surface area contributed by atoms with Crippen molar-refractivity contribution in [1.82, 2.24) is 9.88 Å². The molecule has 0 spiro atoms. The van der Waals surface area contributed by atoms with Gasteiger partial charge in [0, 0.05) is 19.1 Å². The average molecular weight is 288 g/mol. The van der Waals surface area contributed by atoms with Crippen molar-refractivity contribution < 1.29 is 4.39 Å². The monoisotopic (exact) mass is 287 g/mol. The molecule has 0 aliphatic carbocycles. The second-order valence-corrected chi connectivity index (χ2v) is 5.62. The molecule has 1 aliphatic rings. The smallest absolute Gasteiger partial charge is 0.124 e. The molecule has 0 amide bonds. The fraction of sp³-hybridized carbons (Fsp3) is 0.417. The highest BCUT2D eigenvalue weighted by Crippen LogP contribution is 2.24. The molecule has 2 heterocycles. The molecule has 1 aromatic heterocycles. The maximum absolute atomic E-state index is 13.1. The molecule has 3 nitrogen and oxygen atoms in total. The topological polar surface area (TPSA) is 42.1 Å². The third-order valence-electron chi connectivity index (χ3n) is 3.06. The first-order valence-electron chi connectivity index (χ1n) is 5.73. The molecule has 6 heteroatoms. The zero-order chi connectivity index (χ0) is 11.8. The van der Waals surface area contributed by atoms with E-state index in [0.29, 0.717) is 6.04 Å². The van der Waals surface area contributed by atoms with E-state index >= 15 is 0 Å². The third-order valence-corrected chi connectivity index (χ3v) is 4.07. The summed E-state index contributed by atoms with van der Waals surface area (Å²) in [6, 6.07) is 5.03. The first kappa shape index (κ1) is 13.7. The zero-order valence-corrected chi connectivity index (χ0v) is 11.4. The SMILES string of the molecule is Cl.N[C@@H]1CCN(Cc2nc3ccc(F)cc3s2)C1. The Balaban J connectivity index is 0.00000120. The van der Waals surface area contributed by atoms with Crippen LogP contribution in [0.5, 0.6) is 0 Å². The van der Waals surface area contributed by atoms with Gasteiger partial charge in [-0.25, -0.2) is 9.37 Å². The molecule has 18 heavy (non-hydrogen) atoms. The minimum absolute atomic E-state index is 0. The van der Waals surface area contributed by atoms with Crippen molar-refractivity contribution in [2.75, 3.05) is 13.1 Å². The van der Waals surface area contributed by atoms with Gasteiger partial charge in [0.05, 0.1) is 16.8 Å². The van der Waals surface area contributed by atoms with E-state index in [1.54, 1.807) is 23.5 Å². The summed E-state index contributed by atoms with van der Waals surface area (Å²) in [5.41, 5.74) is 6.75. The minimum Gasteiger partial charge on any atom is -0.326 e. The van der Waals surface area contributed by atoms with Gasteiger partial charge in [0.2, 0.25) is 0 Å². The van der Waals surface area contributed by atoms with Crippen molar-refractivity contribution in [3.05, 3.63) is 29.0 Å². The Morgan fingerprint density at radius 1 is 1.50 bits per heavy atom. The molecular formula is C12H15ClFN3S. The largest absolute Gasteiger partial charge is 0.326 e. The number of nitrogens with zero attached hydrogens (tertiary/aromatic N) is 2. The fourth-order valence-electron chi connectivity index (χ4n) is 2.21. The van der Waals surface area contributed by atoms with Gasteiger partial charge in [0.1, 0.15) is 10.8 Å². The van der Waals surface area contributed by atoms with Crippen molar-refractivity contribution >= 4 is 34.0 Å². The average Bonchev–Trinajstić information content (AvgIpc) is 2.84. The van der Waals surface area contributed by atoms with Crippen LogP contribution in [0.2, 0.25) is 0 Å². The Morgan fingerprint density at radius 3 is 3.06 bits per heavy atom. The molecule has 98 valence electrons. The molecule has 0 radical (unpaired) electrons. The number of likely N-dealkylation sites (tertiary alicyclic amines) is 1. The molecule has 1 aliphatic heterocycles. The summed E-state index contributed by atoms with van der Waals surface area (Å²) in [4.78, 5) is 6.82. The Labute approximate surface area is 115 Å². The van der Waals surface area contributed by atoms with Crippen LogP contribution in [-0.4, -0.2) is 29.0 Å². The molecule has 1 fully saturated rings. The van der Waals surface area contributed by atoms with Crippen molar-refractivity contribution in [1.29, 1.82) is 0 Å². The molecule has 1 saturated heterocycles. The summed E-state index contributed by atoms with van der Waals surface area (Å²) >= 11 is 1.57. The number of aromatic nitrogens is 1. The quantitative estimate of drug-likeness (QED) is 0.922. The van der Waals surface area contributed by atoms with E-state index in [0.717, 1.165) is 41.3 Å². The van der Waals surface area contributed by atoms with Gasteiger partial charge in [0.15, 0.2) is 0 Å². The number of hydrogen-bond donors (Lipinski definition) is 1. The maximum atomic E-state index is 13.1. The summed E-state index contributed by atoms with van der Waals surface area (Å²) < 4.78 is 14.0. The van der Waals surface area contributed by atoms with Crippen LogP contribution in [-0.2, 0) is 6.54 Å². The van der Waals surface area contributed by atoms with E-state index < -0.39 is 0 Å². The summed E-state index contributed by atoms with van der Waals surface area (Å²) in [6.45, 7) is 2.80. The lowest BCUT2D eigenvalue weighted by molar-refractivity contribution is 0.326. The second-order valence-electron chi connectivity index (χ2n) is 4.50. The second kappa shape index (κ2) is 5.48. The van der Waals surface area contributed by atoms with Crippen LogP contribution in [0.25, 0.3) is 10.2 Å². The lowest BCUT2D eigenvalue weighted by Crippen LogP contribution is -2.26. The van der Waals surface area contributed by atoms with Crippen molar-refractivity contribution in [3.8, 4) is 0 Å². The lowest BCUT2D eigenvalue weighted by atomic mass is 10.3. The number of benzene rings is 1. The van der Waals surface area contributed by atoms with Gasteiger partial charge in [-0.1, -0.05) is 0 Å². The zero-order valence-electron chi connectivity index (χ0n) is 9.80. The van der Waals surface area contributed by atoms with Crippen molar-refractivity contribution in [2.24, 2.45) is 5.73 Å². The third kappa shape index (κ3) is 2.80. The predicted molar refractivity (Wildman–Crippen MR) is 74.7 cm³/mol. The van der Waals surface area contributed by atoms with Gasteiger partial charge in [-0.3, -0.25) is 4.90 Å². The van der Waals surface area contributed by atoms with Crippen LogP contribution in [0.4, 0.5) is 4.39 Å². The van der Waals surface area contributed by atoms with Gasteiger partial charge in [-0.2, -0.15) is 0 Å². The fourth-order valence-corrected chi connectivity index (χ4v) is 3.25. The molecule has 0 bridgehead atoms. The van der Waals surface area contributed by atoms with Crippen LogP contribution in [0.1, 0.15) is 11.4 Å². The van der Waals surface area contributed by atoms with Crippen LogP contribution in [0, 0.1) is 5.82 Å². The van der Waals surface area contributed by atoms with Crippen LogP contribution >= 0.6 is 23.7 Å². The summed E-state index contributed by atoms with van der Waals surface area (Å²) in [6.07, 6.45) is 1.06. The summed E-state index contributed by atoms with van der Waals surface area (Å²) in [5.74, 6) is -0.198. The van der Waals surface area contributed by atoms with E-state index in [2.05, 4.69) is 9.88 Å². The van der Waals surface area contributed by atoms with E-state index in [1.165, 1.54) is 6.07 Å². The summed E-state index contributed by atoms with van der Waals surface area (Å²) in [5, 5.41) is 1.04. The van der Waals surface area contributed by atoms with E-state index in [-0.39, 0.29) is 18.2 Å². The number of fused-ring (bicyclic) bond motifs is 1. The molecule has 1 atom stereocenters. The van der Waals surface area contributed by atoms with Gasteiger partial charge < -0.3 is 5.73 Å². The Kier molecular flexibility index (Phi) is 4.17. The lowest BCUT2D eigenvalue weighted by Gasteiger charge is -2.12. The number of thiazole rings is 1. The highest BCUT2D eigenvalue weighted by molar-refractivity contribution is 7.18. The maximum Gasteiger partial charge on any atom is 0.124 e. The Hall–Kier alpha value is -0.750. The number of halogens is 2. The molecule has 2 N–H and O–H groups in total. The van der Waals surface area contributed by atoms with Gasteiger partial charge in [-0.05, 0) is 24.6 Å². The highest BCUT2D eigenvalue weighted by atomic mass is 35.5. The molecule has 3 rings (SSSR count).